The summed E-state index contributed by atoms with van der Waals surface area (Å²) in [6.07, 6.45) is 2.92. The van der Waals surface area contributed by atoms with E-state index in [0.717, 1.165) is 49.3 Å². The van der Waals surface area contributed by atoms with Crippen LogP contribution in [0.25, 0.3) is 0 Å². The molecule has 1 saturated heterocycles. The Kier molecular flexibility index (Phi) is 4.08. The third-order valence-electron chi connectivity index (χ3n) is 4.28. The molecule has 4 nitrogen and oxygen atoms in total. The van der Waals surface area contributed by atoms with Gasteiger partial charge < -0.3 is 4.90 Å². The minimum absolute atomic E-state index is 0.315. The van der Waals surface area contributed by atoms with Crippen LogP contribution in [0.2, 0.25) is 0 Å². The molecule has 0 unspecified atom stereocenters. The van der Waals surface area contributed by atoms with Crippen molar-refractivity contribution in [3.63, 3.8) is 0 Å². The van der Waals surface area contributed by atoms with Gasteiger partial charge in [-0.2, -0.15) is 0 Å². The Balaban J connectivity index is 1.48. The number of nitrogens with zero attached hydrogens (tertiary/aromatic N) is 3. The van der Waals surface area contributed by atoms with Gasteiger partial charge in [-0.25, -0.2) is 0 Å². The third kappa shape index (κ3) is 3.20. The fourth-order valence-electron chi connectivity index (χ4n) is 2.76. The average Bonchev–Trinajstić information content (AvgIpc) is 3.19. The predicted octanol–water partition coefficient (Wildman–Crippen LogP) is 2.14. The molecule has 108 valence electrons. The molecule has 2 heterocycles. The van der Waals surface area contributed by atoms with Crippen LogP contribution in [0.3, 0.4) is 0 Å². The van der Waals surface area contributed by atoms with Crippen LogP contribution in [0.1, 0.15) is 19.0 Å². The van der Waals surface area contributed by atoms with Gasteiger partial charge in [0.1, 0.15) is 0 Å². The van der Waals surface area contributed by atoms with Gasteiger partial charge in [-0.3, -0.25) is 14.7 Å². The van der Waals surface area contributed by atoms with Crippen LogP contribution in [0.4, 0.5) is 0 Å². The summed E-state index contributed by atoms with van der Waals surface area (Å²) in [5.41, 5.74) is 1.09. The van der Waals surface area contributed by atoms with Crippen molar-refractivity contribution in [1.82, 2.24) is 14.8 Å². The van der Waals surface area contributed by atoms with Crippen molar-refractivity contribution in [2.24, 2.45) is 11.8 Å². The molecule has 1 aromatic rings. The minimum Gasteiger partial charge on any atom is -0.340 e. The number of amides is 1. The van der Waals surface area contributed by atoms with Crippen LogP contribution < -0.4 is 0 Å². The maximum Gasteiger partial charge on any atom is 0.226 e. The zero-order valence-corrected chi connectivity index (χ0v) is 13.3. The number of aromatic nitrogens is 1. The van der Waals surface area contributed by atoms with Gasteiger partial charge in [0.2, 0.25) is 5.91 Å². The summed E-state index contributed by atoms with van der Waals surface area (Å²) in [6.45, 7) is 6.65. The van der Waals surface area contributed by atoms with Crippen LogP contribution in [0.15, 0.2) is 22.8 Å². The molecule has 0 bridgehead atoms. The number of rotatable bonds is 3. The maximum absolute atomic E-state index is 12.2. The Labute approximate surface area is 128 Å². The van der Waals surface area contributed by atoms with Gasteiger partial charge in [0.15, 0.2) is 0 Å². The highest BCUT2D eigenvalue weighted by atomic mass is 79.9. The lowest BCUT2D eigenvalue weighted by atomic mass is 10.2. The van der Waals surface area contributed by atoms with E-state index in [-0.39, 0.29) is 0 Å². The summed E-state index contributed by atoms with van der Waals surface area (Å²) in [6, 6.07) is 4.07. The maximum atomic E-state index is 12.2. The van der Waals surface area contributed by atoms with Crippen molar-refractivity contribution in [2.45, 2.75) is 19.9 Å². The summed E-state index contributed by atoms with van der Waals surface area (Å²) in [4.78, 5) is 21.0. The van der Waals surface area contributed by atoms with E-state index in [0.29, 0.717) is 17.7 Å². The fourth-order valence-corrected chi connectivity index (χ4v) is 2.99. The number of halogens is 1. The van der Waals surface area contributed by atoms with Crippen LogP contribution in [-0.4, -0.2) is 46.9 Å². The van der Waals surface area contributed by atoms with Gasteiger partial charge in [-0.05, 0) is 40.4 Å². The van der Waals surface area contributed by atoms with Crippen molar-refractivity contribution in [3.8, 4) is 0 Å². The second-order valence-corrected chi connectivity index (χ2v) is 6.80. The second-order valence-electron chi connectivity index (χ2n) is 5.89. The Morgan fingerprint density at radius 3 is 2.60 bits per heavy atom. The molecule has 0 spiro atoms. The van der Waals surface area contributed by atoms with Gasteiger partial charge in [0.05, 0.1) is 5.69 Å². The molecule has 2 atom stereocenters. The van der Waals surface area contributed by atoms with E-state index in [1.807, 2.05) is 23.2 Å². The topological polar surface area (TPSA) is 36.4 Å². The fraction of sp³-hybridized carbons (Fsp3) is 0.600. The first-order valence-electron chi connectivity index (χ1n) is 7.25. The van der Waals surface area contributed by atoms with Gasteiger partial charge in [-0.15, -0.1) is 0 Å². The third-order valence-corrected chi connectivity index (χ3v) is 4.75. The van der Waals surface area contributed by atoms with E-state index in [4.69, 9.17) is 0 Å². The van der Waals surface area contributed by atoms with Crippen LogP contribution in [0, 0.1) is 11.8 Å². The lowest BCUT2D eigenvalue weighted by molar-refractivity contribution is -0.134. The number of pyridine rings is 1. The van der Waals surface area contributed by atoms with Crippen molar-refractivity contribution in [3.05, 3.63) is 28.5 Å². The number of hydrogen-bond acceptors (Lipinski definition) is 3. The molecular weight excluding hydrogens is 318 g/mol. The largest absolute Gasteiger partial charge is 0.340 e. The summed E-state index contributed by atoms with van der Waals surface area (Å²) < 4.78 is 1.01. The molecule has 1 aliphatic heterocycles. The lowest BCUT2D eigenvalue weighted by Crippen LogP contribution is -2.48. The normalized spacial score (nSPS) is 26.6. The molecule has 0 N–H and O–H groups in total. The molecule has 1 aromatic heterocycles. The summed E-state index contributed by atoms with van der Waals surface area (Å²) in [5, 5.41) is 0. The van der Waals surface area contributed by atoms with Gasteiger partial charge in [0.25, 0.3) is 0 Å². The molecule has 2 fully saturated rings. The standard InChI is InChI=1S/C15H20BrN3O/c1-11-8-14(11)15(20)19-6-4-18(5-7-19)10-13-3-2-12(16)9-17-13/h2-3,9,11,14H,4-8,10H2,1H3/t11-,14+/m0/s1. The van der Waals surface area contributed by atoms with E-state index in [9.17, 15) is 4.79 Å². The van der Waals surface area contributed by atoms with Crippen molar-refractivity contribution in [2.75, 3.05) is 26.2 Å². The van der Waals surface area contributed by atoms with Crippen molar-refractivity contribution < 1.29 is 4.79 Å². The van der Waals surface area contributed by atoms with Gasteiger partial charge in [0, 0.05) is 49.3 Å². The number of piperazine rings is 1. The molecule has 3 rings (SSSR count). The zero-order chi connectivity index (χ0) is 14.1. The molecule has 1 aliphatic carbocycles. The van der Waals surface area contributed by atoms with Gasteiger partial charge >= 0.3 is 0 Å². The molecule has 20 heavy (non-hydrogen) atoms. The van der Waals surface area contributed by atoms with Gasteiger partial charge in [-0.1, -0.05) is 6.92 Å². The highest BCUT2D eigenvalue weighted by Crippen LogP contribution is 2.39. The van der Waals surface area contributed by atoms with Crippen LogP contribution >= 0.6 is 15.9 Å². The Morgan fingerprint density at radius 1 is 1.35 bits per heavy atom. The van der Waals surface area contributed by atoms with E-state index < -0.39 is 0 Å². The van der Waals surface area contributed by atoms with E-state index in [2.05, 4.69) is 32.7 Å². The minimum atomic E-state index is 0.315. The Morgan fingerprint density at radius 2 is 2.05 bits per heavy atom. The number of hydrogen-bond donors (Lipinski definition) is 0. The van der Waals surface area contributed by atoms with E-state index in [1.54, 1.807) is 0 Å². The highest BCUT2D eigenvalue weighted by Gasteiger charge is 2.41. The van der Waals surface area contributed by atoms with E-state index >= 15 is 0 Å². The summed E-state index contributed by atoms with van der Waals surface area (Å²) in [7, 11) is 0. The molecule has 0 radical (unpaired) electrons. The molecule has 1 amide bonds. The van der Waals surface area contributed by atoms with Crippen molar-refractivity contribution in [1.29, 1.82) is 0 Å². The monoisotopic (exact) mass is 337 g/mol. The smallest absolute Gasteiger partial charge is 0.226 e. The number of carbonyl (C=O) groups is 1. The van der Waals surface area contributed by atoms with E-state index in [1.165, 1.54) is 0 Å². The first-order valence-corrected chi connectivity index (χ1v) is 8.04. The first kappa shape index (κ1) is 14.0. The highest BCUT2D eigenvalue weighted by molar-refractivity contribution is 9.10. The molecular formula is C15H20BrN3O. The zero-order valence-electron chi connectivity index (χ0n) is 11.8. The molecule has 2 aliphatic rings. The molecule has 0 aromatic carbocycles. The second kappa shape index (κ2) is 5.82. The van der Waals surface area contributed by atoms with Crippen molar-refractivity contribution >= 4 is 21.8 Å². The summed E-state index contributed by atoms with van der Waals surface area (Å²) >= 11 is 3.40. The van der Waals surface area contributed by atoms with Crippen LogP contribution in [-0.2, 0) is 11.3 Å². The molecule has 5 heteroatoms. The Hall–Kier alpha value is -0.940. The first-order chi connectivity index (χ1) is 9.63. The summed E-state index contributed by atoms with van der Waals surface area (Å²) in [5.74, 6) is 1.29. The van der Waals surface area contributed by atoms with Crippen LogP contribution in [0.5, 0.6) is 0 Å². The Bertz CT molecular complexity index is 482. The SMILES string of the molecule is C[C@H]1C[C@H]1C(=O)N1CCN(Cc2ccc(Br)cn2)CC1. The number of carbonyl (C=O) groups excluding carboxylic acids is 1. The quantitative estimate of drug-likeness (QED) is 0.847. The lowest BCUT2D eigenvalue weighted by Gasteiger charge is -2.34. The average molecular weight is 338 g/mol. The predicted molar refractivity (Wildman–Crippen MR) is 81.1 cm³/mol. The molecule has 1 saturated carbocycles.